The van der Waals surface area contributed by atoms with Gasteiger partial charge in [-0.05, 0) is 149 Å². The number of aryl methyl sites for hydroxylation is 4. The zero-order chi connectivity index (χ0) is 44.0. The van der Waals surface area contributed by atoms with Crippen molar-refractivity contribution in [2.75, 3.05) is 27.4 Å². The fraction of sp³-hybridized carbons (Fsp3) is 0.118. The lowest BCUT2D eigenvalue weighted by Gasteiger charge is -2.34. The molecule has 63 heavy (non-hydrogen) atoms. The number of aromatic nitrogens is 3. The van der Waals surface area contributed by atoms with Crippen molar-refractivity contribution in [1.29, 1.82) is 0 Å². The molecule has 0 atom stereocenters. The Kier molecular flexibility index (Phi) is 10.4. The number of benzene rings is 7. The van der Waals surface area contributed by atoms with E-state index in [-0.39, 0.29) is 22.7 Å². The van der Waals surface area contributed by atoms with Crippen LogP contribution in [0.25, 0.3) is 11.1 Å². The van der Waals surface area contributed by atoms with Crippen molar-refractivity contribution in [3.63, 3.8) is 0 Å². The number of nitrogens with zero attached hydrogens (tertiary/aromatic N) is 3. The molecule has 9 rings (SSSR count). The summed E-state index contributed by atoms with van der Waals surface area (Å²) < 4.78 is 33.0. The van der Waals surface area contributed by atoms with Gasteiger partial charge in [0.15, 0.2) is 0 Å². The molecule has 12 heteroatoms. The Balaban J connectivity index is 1.06. The van der Waals surface area contributed by atoms with E-state index in [1.54, 1.807) is 0 Å². The third kappa shape index (κ3) is 7.82. The fourth-order valence-corrected chi connectivity index (χ4v) is 9.42. The van der Waals surface area contributed by atoms with E-state index >= 15 is 0 Å². The van der Waals surface area contributed by atoms with Gasteiger partial charge in [0.25, 0.3) is 10.1 Å². The maximum absolute atomic E-state index is 11.7. The van der Waals surface area contributed by atoms with Crippen LogP contribution >= 0.6 is 0 Å². The van der Waals surface area contributed by atoms with Crippen molar-refractivity contribution in [1.82, 2.24) is 15.0 Å². The monoisotopic (exact) mass is 850 g/mol. The molecular formula is C51H46N8O3S. The predicted octanol–water partition coefficient (Wildman–Crippen LogP) is 10.7. The molecule has 8 N–H and O–H groups in total. The third-order valence-corrected chi connectivity index (χ3v) is 12.7. The molecule has 0 fully saturated rings. The number of hydrogen-bond acceptors (Lipinski definition) is 10. The van der Waals surface area contributed by atoms with Crippen molar-refractivity contribution >= 4 is 56.4 Å². The lowest BCUT2D eigenvalue weighted by atomic mass is 9.67. The van der Waals surface area contributed by atoms with Gasteiger partial charge in [-0.1, -0.05) is 97.1 Å². The van der Waals surface area contributed by atoms with Gasteiger partial charge in [0.2, 0.25) is 17.8 Å². The average Bonchev–Trinajstić information content (AvgIpc) is 3.55. The summed E-state index contributed by atoms with van der Waals surface area (Å²) in [7, 11) is -4.37. The third-order valence-electron chi connectivity index (χ3n) is 11.8. The number of anilines is 8. The van der Waals surface area contributed by atoms with Gasteiger partial charge in [-0.2, -0.15) is 23.4 Å². The summed E-state index contributed by atoms with van der Waals surface area (Å²) in [6.45, 7) is 8.17. The lowest BCUT2D eigenvalue weighted by molar-refractivity contribution is 0.483. The molecule has 11 nitrogen and oxygen atoms in total. The molecule has 1 heterocycles. The Morgan fingerprint density at radius 3 is 1.43 bits per heavy atom. The second-order valence-electron chi connectivity index (χ2n) is 16.1. The first-order valence-corrected chi connectivity index (χ1v) is 22.0. The van der Waals surface area contributed by atoms with E-state index in [2.05, 4.69) is 127 Å². The molecule has 314 valence electrons. The standard InChI is InChI=1S/C51H46N8O3S/c1-30-25-34(26-31(2)46(30)53)29-35-27-32(3)47(33(4)28-35)56-50-58-48(57-49(59-50)55-40-21-23-41(24-22-40)63(60,61)62)54-39-19-15-37(16-20-39)51(36-13-17-38(52)18-14-36)44-11-7-5-9-42(44)43-10-6-8-12-45(43)51/h5-28H,29,52-53H2,1-4H3,(H,60,61,62)(H3,54,55,56,57,58,59). The summed E-state index contributed by atoms with van der Waals surface area (Å²) in [5, 5.41) is 10.0. The Labute approximate surface area is 367 Å². The van der Waals surface area contributed by atoms with Crippen LogP contribution in [0.1, 0.15) is 55.6 Å². The first-order valence-electron chi connectivity index (χ1n) is 20.5. The van der Waals surface area contributed by atoms with Crippen LogP contribution in [0.5, 0.6) is 0 Å². The number of rotatable bonds is 11. The van der Waals surface area contributed by atoms with Gasteiger partial charge in [0, 0.05) is 28.4 Å². The summed E-state index contributed by atoms with van der Waals surface area (Å²) in [5.41, 5.74) is 29.0. The summed E-state index contributed by atoms with van der Waals surface area (Å²) in [4.78, 5) is 14.0. The average molecular weight is 851 g/mol. The van der Waals surface area contributed by atoms with Gasteiger partial charge < -0.3 is 27.4 Å². The SMILES string of the molecule is Cc1cc(Cc2cc(C)c(Nc3nc(Nc4ccc(C5(c6ccc(N)cc6)c6ccccc6-c6ccccc65)cc4)nc(Nc4ccc(S(=O)(=O)O)cc4)n3)c(C)c2)cc(C)c1N. The molecule has 0 aliphatic heterocycles. The number of nitrogens with one attached hydrogen (secondary N) is 3. The molecule has 0 amide bonds. The van der Waals surface area contributed by atoms with Crippen LogP contribution in [0.3, 0.4) is 0 Å². The van der Waals surface area contributed by atoms with Crippen LogP contribution in [0.4, 0.5) is 46.3 Å². The van der Waals surface area contributed by atoms with E-state index in [0.717, 1.165) is 56.9 Å². The summed E-state index contributed by atoms with van der Waals surface area (Å²) >= 11 is 0. The largest absolute Gasteiger partial charge is 0.399 e. The molecule has 0 saturated carbocycles. The Hall–Kier alpha value is -7.54. The van der Waals surface area contributed by atoms with Crippen LogP contribution < -0.4 is 27.4 Å². The molecule has 0 radical (unpaired) electrons. The molecule has 8 aromatic rings. The Morgan fingerprint density at radius 2 is 0.952 bits per heavy atom. The Bertz CT molecular complexity index is 3060. The van der Waals surface area contributed by atoms with E-state index < -0.39 is 15.5 Å². The maximum Gasteiger partial charge on any atom is 0.294 e. The van der Waals surface area contributed by atoms with Gasteiger partial charge in [0.05, 0.1) is 10.3 Å². The predicted molar refractivity (Wildman–Crippen MR) is 253 cm³/mol. The van der Waals surface area contributed by atoms with Crippen LogP contribution in [0.15, 0.2) is 150 Å². The van der Waals surface area contributed by atoms with E-state index in [1.807, 2.05) is 38.1 Å². The number of nitrogens with two attached hydrogens (primary N) is 2. The number of hydrogen-bond donors (Lipinski definition) is 6. The second-order valence-corrected chi connectivity index (χ2v) is 17.6. The van der Waals surface area contributed by atoms with Crippen LogP contribution in [0.2, 0.25) is 0 Å². The summed E-state index contributed by atoms with van der Waals surface area (Å²) in [6.07, 6.45) is 0.757. The van der Waals surface area contributed by atoms with E-state index in [0.29, 0.717) is 11.4 Å². The molecular weight excluding hydrogens is 805 g/mol. The zero-order valence-corrected chi connectivity index (χ0v) is 36.0. The van der Waals surface area contributed by atoms with Crippen molar-refractivity contribution in [2.24, 2.45) is 0 Å². The van der Waals surface area contributed by atoms with Gasteiger partial charge in [-0.3, -0.25) is 4.55 Å². The number of nitrogen functional groups attached to an aromatic ring is 2. The molecule has 7 aromatic carbocycles. The molecule has 0 spiro atoms. The zero-order valence-electron chi connectivity index (χ0n) is 35.2. The summed E-state index contributed by atoms with van der Waals surface area (Å²) in [5.74, 6) is 0.753. The number of fused-ring (bicyclic) bond motifs is 3. The van der Waals surface area contributed by atoms with Crippen molar-refractivity contribution in [3.8, 4) is 11.1 Å². The minimum atomic E-state index is -4.37. The van der Waals surface area contributed by atoms with Crippen LogP contribution in [-0.4, -0.2) is 27.9 Å². The van der Waals surface area contributed by atoms with Crippen LogP contribution in [0, 0.1) is 27.7 Å². The van der Waals surface area contributed by atoms with Gasteiger partial charge in [-0.15, -0.1) is 0 Å². The first-order chi connectivity index (χ1) is 30.3. The molecule has 0 saturated heterocycles. The highest BCUT2D eigenvalue weighted by molar-refractivity contribution is 7.85. The van der Waals surface area contributed by atoms with Crippen molar-refractivity contribution < 1.29 is 13.0 Å². The fourth-order valence-electron chi connectivity index (χ4n) is 8.94. The molecule has 1 aliphatic rings. The highest BCUT2D eigenvalue weighted by Crippen LogP contribution is 2.56. The van der Waals surface area contributed by atoms with E-state index in [4.69, 9.17) is 26.4 Å². The van der Waals surface area contributed by atoms with Gasteiger partial charge in [-0.25, -0.2) is 0 Å². The topological polar surface area (TPSA) is 181 Å². The highest BCUT2D eigenvalue weighted by Gasteiger charge is 2.45. The molecule has 0 unspecified atom stereocenters. The van der Waals surface area contributed by atoms with Crippen LogP contribution in [-0.2, 0) is 22.0 Å². The lowest BCUT2D eigenvalue weighted by Crippen LogP contribution is -2.28. The van der Waals surface area contributed by atoms with Crippen molar-refractivity contribution in [3.05, 3.63) is 201 Å². The molecule has 0 bridgehead atoms. The molecule has 1 aromatic heterocycles. The van der Waals surface area contributed by atoms with Gasteiger partial charge >= 0.3 is 0 Å². The Morgan fingerprint density at radius 1 is 0.540 bits per heavy atom. The minimum absolute atomic E-state index is 0.203. The van der Waals surface area contributed by atoms with E-state index in [9.17, 15) is 13.0 Å². The molecule has 1 aliphatic carbocycles. The second kappa shape index (κ2) is 16.1. The smallest absolute Gasteiger partial charge is 0.294 e. The maximum atomic E-state index is 11.7. The minimum Gasteiger partial charge on any atom is -0.399 e. The quantitative estimate of drug-likeness (QED) is 0.0538. The van der Waals surface area contributed by atoms with E-state index in [1.165, 1.54) is 57.6 Å². The van der Waals surface area contributed by atoms with Gasteiger partial charge in [0.1, 0.15) is 0 Å². The normalized spacial score (nSPS) is 12.7. The first kappa shape index (κ1) is 40.8. The summed E-state index contributed by atoms with van der Waals surface area (Å²) in [6, 6.07) is 47.8. The van der Waals surface area contributed by atoms with Crippen molar-refractivity contribution in [2.45, 2.75) is 44.4 Å². The highest BCUT2D eigenvalue weighted by atomic mass is 32.2.